The van der Waals surface area contributed by atoms with Crippen molar-refractivity contribution in [1.29, 1.82) is 5.26 Å². The fourth-order valence-electron chi connectivity index (χ4n) is 2.56. The predicted octanol–water partition coefficient (Wildman–Crippen LogP) is 4.39. The average Bonchev–Trinajstić information content (AvgIpc) is 3.13. The number of thiol groups is 1. The van der Waals surface area contributed by atoms with Gasteiger partial charge in [-0.25, -0.2) is 0 Å². The van der Waals surface area contributed by atoms with Crippen molar-refractivity contribution >= 4 is 29.9 Å². The van der Waals surface area contributed by atoms with Gasteiger partial charge in [-0.2, -0.15) is 5.26 Å². The molecule has 0 saturated heterocycles. The molecule has 3 aromatic rings. The molecule has 2 N–H and O–H groups in total. The number of hydrogen-bond donors (Lipinski definition) is 3. The lowest BCUT2D eigenvalue weighted by Gasteiger charge is -2.21. The van der Waals surface area contributed by atoms with Gasteiger partial charge in [0.25, 0.3) is 0 Å². The van der Waals surface area contributed by atoms with Crippen LogP contribution in [0.4, 0.5) is 5.69 Å². The summed E-state index contributed by atoms with van der Waals surface area (Å²) in [6.45, 7) is 3.42. The first-order valence-corrected chi connectivity index (χ1v) is 9.00. The smallest absolute Gasteiger partial charge is 0.247 e. The Morgan fingerprint density at radius 2 is 1.93 bits per heavy atom. The normalized spacial score (nSPS) is 13.0. The Hall–Kier alpha value is -2.53. The molecule has 1 aromatic heterocycles. The third kappa shape index (κ3) is 4.08. The van der Waals surface area contributed by atoms with Crippen LogP contribution in [0.2, 0.25) is 5.02 Å². The topological polar surface area (TPSA) is 95.0 Å². The Kier molecular flexibility index (Phi) is 5.71. The quantitative estimate of drug-likeness (QED) is 0.549. The van der Waals surface area contributed by atoms with Crippen molar-refractivity contribution in [3.63, 3.8) is 0 Å². The van der Waals surface area contributed by atoms with Crippen LogP contribution >= 0.6 is 24.2 Å². The second-order valence-corrected chi connectivity index (χ2v) is 6.96. The Balaban J connectivity index is 1.90. The van der Waals surface area contributed by atoms with Gasteiger partial charge in [-0.3, -0.25) is 0 Å². The molecule has 0 fully saturated rings. The Bertz CT molecular complexity index is 996. The molecule has 0 aliphatic rings. The zero-order valence-corrected chi connectivity index (χ0v) is 16.3. The number of halogens is 1. The summed E-state index contributed by atoms with van der Waals surface area (Å²) in [5, 5.41) is 31.0. The minimum Gasteiger partial charge on any atom is -0.418 e. The van der Waals surface area contributed by atoms with Crippen LogP contribution in [0.3, 0.4) is 0 Å². The maximum atomic E-state index is 10.2. The lowest BCUT2D eigenvalue weighted by molar-refractivity contribution is 0.159. The van der Waals surface area contributed by atoms with Crippen molar-refractivity contribution in [2.75, 3.05) is 5.32 Å². The van der Waals surface area contributed by atoms with Gasteiger partial charge in [-0.15, -0.1) is 22.8 Å². The Morgan fingerprint density at radius 3 is 2.56 bits per heavy atom. The summed E-state index contributed by atoms with van der Waals surface area (Å²) < 4.78 is 5.77. The van der Waals surface area contributed by atoms with E-state index in [1.54, 1.807) is 26.0 Å². The molecule has 8 heteroatoms. The minimum absolute atomic E-state index is 0.245. The monoisotopic (exact) mass is 400 g/mol. The van der Waals surface area contributed by atoms with E-state index in [-0.39, 0.29) is 5.89 Å². The highest BCUT2D eigenvalue weighted by molar-refractivity contribution is 7.80. The van der Waals surface area contributed by atoms with Crippen LogP contribution in [0.25, 0.3) is 11.5 Å². The largest absolute Gasteiger partial charge is 0.418 e. The molecular formula is C19H17ClN4O2S. The summed E-state index contributed by atoms with van der Waals surface area (Å²) in [6, 6.07) is 12.1. The molecule has 2 atom stereocenters. The fraction of sp³-hybridized carbons (Fsp3) is 0.211. The van der Waals surface area contributed by atoms with Crippen LogP contribution < -0.4 is 5.32 Å². The number of aliphatic hydroxyl groups is 1. The summed E-state index contributed by atoms with van der Waals surface area (Å²) in [4.78, 5) is 0.829. The van der Waals surface area contributed by atoms with Gasteiger partial charge in [-0.05, 0) is 55.8 Å². The first-order chi connectivity index (χ1) is 12.9. The zero-order chi connectivity index (χ0) is 19.6. The molecule has 0 amide bonds. The molecular weight excluding hydrogens is 384 g/mol. The molecule has 2 aromatic carbocycles. The SMILES string of the molecule is Cc1c(N[C@@H](c2nnc(-c3ccc(S)cc3)o2)[C@@H](C)O)ccc(C#N)c1Cl. The van der Waals surface area contributed by atoms with Gasteiger partial charge in [0.05, 0.1) is 16.7 Å². The maximum absolute atomic E-state index is 10.2. The molecule has 0 radical (unpaired) electrons. The number of nitrogens with one attached hydrogen (secondary N) is 1. The van der Waals surface area contributed by atoms with Gasteiger partial charge in [0.2, 0.25) is 11.8 Å². The van der Waals surface area contributed by atoms with Crippen LogP contribution in [0, 0.1) is 18.3 Å². The molecule has 27 heavy (non-hydrogen) atoms. The summed E-state index contributed by atoms with van der Waals surface area (Å²) >= 11 is 10.5. The van der Waals surface area contributed by atoms with E-state index < -0.39 is 12.1 Å². The molecule has 138 valence electrons. The lowest BCUT2D eigenvalue weighted by Crippen LogP contribution is -2.23. The van der Waals surface area contributed by atoms with Gasteiger partial charge in [0, 0.05) is 16.1 Å². The van der Waals surface area contributed by atoms with Gasteiger partial charge in [0.1, 0.15) is 12.1 Å². The molecule has 0 unspecified atom stereocenters. The number of rotatable bonds is 5. The zero-order valence-electron chi connectivity index (χ0n) is 14.6. The number of nitrogens with zero attached hydrogens (tertiary/aromatic N) is 3. The number of anilines is 1. The van der Waals surface area contributed by atoms with Crippen LogP contribution in [0.15, 0.2) is 45.7 Å². The third-order valence-corrected chi connectivity index (χ3v) is 4.91. The number of hydrogen-bond acceptors (Lipinski definition) is 7. The van der Waals surface area contributed by atoms with Crippen molar-refractivity contribution in [1.82, 2.24) is 10.2 Å². The highest BCUT2D eigenvalue weighted by Crippen LogP contribution is 2.31. The first kappa shape index (κ1) is 19.2. The Labute approximate surface area is 167 Å². The van der Waals surface area contributed by atoms with Crippen molar-refractivity contribution in [2.45, 2.75) is 30.9 Å². The number of nitriles is 1. The van der Waals surface area contributed by atoms with E-state index in [0.29, 0.717) is 27.7 Å². The van der Waals surface area contributed by atoms with Crippen LogP contribution in [-0.2, 0) is 0 Å². The van der Waals surface area contributed by atoms with Gasteiger partial charge in [0.15, 0.2) is 0 Å². The van der Waals surface area contributed by atoms with Crippen molar-refractivity contribution in [3.8, 4) is 17.5 Å². The van der Waals surface area contributed by atoms with E-state index in [0.717, 1.165) is 10.5 Å². The van der Waals surface area contributed by atoms with E-state index in [2.05, 4.69) is 28.1 Å². The predicted molar refractivity (Wildman–Crippen MR) is 106 cm³/mol. The summed E-state index contributed by atoms with van der Waals surface area (Å²) in [6.07, 6.45) is -0.813. The van der Waals surface area contributed by atoms with Gasteiger partial charge < -0.3 is 14.8 Å². The van der Waals surface area contributed by atoms with E-state index in [9.17, 15) is 5.11 Å². The van der Waals surface area contributed by atoms with Gasteiger partial charge >= 0.3 is 0 Å². The van der Waals surface area contributed by atoms with Gasteiger partial charge in [-0.1, -0.05) is 11.6 Å². The highest BCUT2D eigenvalue weighted by Gasteiger charge is 2.25. The summed E-state index contributed by atoms with van der Waals surface area (Å²) in [5.74, 6) is 0.593. The van der Waals surface area contributed by atoms with Crippen molar-refractivity contribution < 1.29 is 9.52 Å². The summed E-state index contributed by atoms with van der Waals surface area (Å²) in [7, 11) is 0. The number of aliphatic hydroxyl groups excluding tert-OH is 1. The molecule has 0 spiro atoms. The molecule has 6 nitrogen and oxygen atoms in total. The van der Waals surface area contributed by atoms with E-state index >= 15 is 0 Å². The first-order valence-electron chi connectivity index (χ1n) is 8.17. The Morgan fingerprint density at radius 1 is 1.22 bits per heavy atom. The molecule has 0 saturated carbocycles. The van der Waals surface area contributed by atoms with E-state index in [1.165, 1.54) is 0 Å². The fourth-order valence-corrected chi connectivity index (χ4v) is 2.92. The van der Waals surface area contributed by atoms with E-state index in [4.69, 9.17) is 21.3 Å². The van der Waals surface area contributed by atoms with E-state index in [1.807, 2.05) is 30.3 Å². The standard InChI is InChI=1S/C19H17ClN4O2S/c1-10-15(8-5-13(9-21)16(10)20)22-17(11(2)25)19-24-23-18(26-19)12-3-6-14(27)7-4-12/h3-8,11,17,22,25,27H,1-2H3/t11-,17-/m1/s1. The molecule has 1 heterocycles. The highest BCUT2D eigenvalue weighted by atomic mass is 35.5. The minimum atomic E-state index is -0.813. The summed E-state index contributed by atoms with van der Waals surface area (Å²) in [5.41, 5.74) is 2.52. The van der Waals surface area contributed by atoms with Crippen molar-refractivity contribution in [3.05, 3.63) is 58.4 Å². The third-order valence-electron chi connectivity index (χ3n) is 4.12. The second kappa shape index (κ2) is 8.01. The van der Waals surface area contributed by atoms with Crippen LogP contribution in [0.1, 0.15) is 30.0 Å². The average molecular weight is 401 g/mol. The second-order valence-electron chi connectivity index (χ2n) is 6.07. The molecule has 0 bridgehead atoms. The molecule has 0 aliphatic heterocycles. The maximum Gasteiger partial charge on any atom is 0.247 e. The number of aromatic nitrogens is 2. The van der Waals surface area contributed by atoms with Crippen LogP contribution in [0.5, 0.6) is 0 Å². The number of benzene rings is 2. The molecule has 3 rings (SSSR count). The lowest BCUT2D eigenvalue weighted by atomic mass is 10.1. The van der Waals surface area contributed by atoms with Crippen molar-refractivity contribution in [2.24, 2.45) is 0 Å². The molecule has 0 aliphatic carbocycles. The van der Waals surface area contributed by atoms with Crippen LogP contribution in [-0.4, -0.2) is 21.4 Å².